The lowest BCUT2D eigenvalue weighted by atomic mass is 10.1. The summed E-state index contributed by atoms with van der Waals surface area (Å²) >= 11 is 6.01. The predicted molar refractivity (Wildman–Crippen MR) is 61.5 cm³/mol. The molecule has 0 saturated carbocycles. The van der Waals surface area contributed by atoms with E-state index in [0.717, 1.165) is 11.3 Å². The van der Waals surface area contributed by atoms with Crippen molar-refractivity contribution < 1.29 is 9.84 Å². The summed E-state index contributed by atoms with van der Waals surface area (Å²) in [6.07, 6.45) is 0. The van der Waals surface area contributed by atoms with Crippen LogP contribution in [0.4, 0.5) is 0 Å². The van der Waals surface area contributed by atoms with Crippen LogP contribution in [0.15, 0.2) is 24.3 Å². The third kappa shape index (κ3) is 2.03. The first-order valence-electron chi connectivity index (χ1n) is 4.73. The molecule has 1 aromatic carbocycles. The summed E-state index contributed by atoms with van der Waals surface area (Å²) < 4.78 is 5.06. The molecular weight excluding hydrogens is 228 g/mol. The van der Waals surface area contributed by atoms with Gasteiger partial charge in [0.15, 0.2) is 0 Å². The second-order valence-electron chi connectivity index (χ2n) is 3.29. The highest BCUT2D eigenvalue weighted by atomic mass is 35.5. The molecule has 0 radical (unpaired) electrons. The number of aliphatic hydroxyl groups is 1. The molecule has 5 heteroatoms. The quantitative estimate of drug-likeness (QED) is 0.862. The largest absolute Gasteiger partial charge is 0.495 e. The topological polar surface area (TPSA) is 58.1 Å². The van der Waals surface area contributed by atoms with E-state index in [0.29, 0.717) is 16.5 Å². The molecule has 0 fully saturated rings. The molecule has 0 aliphatic rings. The molecule has 0 amide bonds. The van der Waals surface area contributed by atoms with Gasteiger partial charge in [0, 0.05) is 5.56 Å². The highest BCUT2D eigenvalue weighted by molar-refractivity contribution is 6.32. The van der Waals surface area contributed by atoms with Crippen LogP contribution in [0.3, 0.4) is 0 Å². The minimum absolute atomic E-state index is 0.0586. The van der Waals surface area contributed by atoms with Crippen molar-refractivity contribution in [2.24, 2.45) is 0 Å². The summed E-state index contributed by atoms with van der Waals surface area (Å²) in [4.78, 5) is 0. The monoisotopic (exact) mass is 238 g/mol. The third-order valence-corrected chi connectivity index (χ3v) is 2.54. The Morgan fingerprint density at radius 1 is 1.44 bits per heavy atom. The Kier molecular flexibility index (Phi) is 3.12. The number of hydrogen-bond acceptors (Lipinski definition) is 3. The van der Waals surface area contributed by atoms with Gasteiger partial charge in [-0.15, -0.1) is 0 Å². The number of aromatic amines is 1. The molecule has 2 N–H and O–H groups in total. The number of H-pyrrole nitrogens is 1. The van der Waals surface area contributed by atoms with Crippen molar-refractivity contribution in [1.82, 2.24) is 10.2 Å². The van der Waals surface area contributed by atoms with Crippen LogP contribution in [0.1, 0.15) is 5.69 Å². The third-order valence-electron chi connectivity index (χ3n) is 2.25. The summed E-state index contributed by atoms with van der Waals surface area (Å²) in [6.45, 7) is -0.0586. The lowest BCUT2D eigenvalue weighted by molar-refractivity contribution is 0.276. The van der Waals surface area contributed by atoms with Crippen molar-refractivity contribution in [1.29, 1.82) is 0 Å². The van der Waals surface area contributed by atoms with Crippen molar-refractivity contribution in [3.63, 3.8) is 0 Å². The maximum atomic E-state index is 8.92. The van der Waals surface area contributed by atoms with Gasteiger partial charge in [0.25, 0.3) is 0 Å². The lowest BCUT2D eigenvalue weighted by Crippen LogP contribution is -1.85. The minimum atomic E-state index is -0.0586. The maximum absolute atomic E-state index is 8.92. The van der Waals surface area contributed by atoms with Gasteiger partial charge in [-0.1, -0.05) is 11.6 Å². The number of nitrogens with zero attached hydrogens (tertiary/aromatic N) is 1. The minimum Gasteiger partial charge on any atom is -0.495 e. The average Bonchev–Trinajstić information content (AvgIpc) is 2.77. The van der Waals surface area contributed by atoms with E-state index in [1.54, 1.807) is 25.3 Å². The van der Waals surface area contributed by atoms with Crippen LogP contribution in [-0.2, 0) is 6.61 Å². The van der Waals surface area contributed by atoms with Gasteiger partial charge >= 0.3 is 0 Å². The predicted octanol–water partition coefficient (Wildman–Crippen LogP) is 2.23. The zero-order chi connectivity index (χ0) is 11.5. The molecule has 2 aromatic rings. The van der Waals surface area contributed by atoms with Crippen LogP contribution < -0.4 is 4.74 Å². The number of aromatic nitrogens is 2. The molecule has 16 heavy (non-hydrogen) atoms. The molecule has 0 aliphatic carbocycles. The Balaban J connectivity index is 2.37. The van der Waals surface area contributed by atoms with E-state index in [1.165, 1.54) is 0 Å². The van der Waals surface area contributed by atoms with Crippen molar-refractivity contribution in [2.45, 2.75) is 6.61 Å². The number of hydrogen-bond donors (Lipinski definition) is 2. The van der Waals surface area contributed by atoms with E-state index in [2.05, 4.69) is 10.2 Å². The van der Waals surface area contributed by atoms with Gasteiger partial charge in [0.1, 0.15) is 5.75 Å². The van der Waals surface area contributed by atoms with E-state index >= 15 is 0 Å². The fourth-order valence-electron chi connectivity index (χ4n) is 1.42. The Hall–Kier alpha value is -1.52. The normalized spacial score (nSPS) is 10.4. The summed E-state index contributed by atoms with van der Waals surface area (Å²) in [5, 5.41) is 16.3. The fraction of sp³-hybridized carbons (Fsp3) is 0.182. The highest BCUT2D eigenvalue weighted by Crippen LogP contribution is 2.29. The van der Waals surface area contributed by atoms with Crippen LogP contribution >= 0.6 is 11.6 Å². The Morgan fingerprint density at radius 3 is 2.81 bits per heavy atom. The van der Waals surface area contributed by atoms with E-state index in [-0.39, 0.29) is 6.61 Å². The van der Waals surface area contributed by atoms with E-state index in [9.17, 15) is 0 Å². The summed E-state index contributed by atoms with van der Waals surface area (Å²) in [7, 11) is 1.57. The molecule has 1 heterocycles. The Morgan fingerprint density at radius 2 is 2.25 bits per heavy atom. The van der Waals surface area contributed by atoms with Crippen LogP contribution in [0.25, 0.3) is 11.3 Å². The molecular formula is C11H11ClN2O2. The number of benzene rings is 1. The zero-order valence-electron chi connectivity index (χ0n) is 8.70. The standard InChI is InChI=1S/C11H11ClN2O2/c1-16-11-3-2-7(4-9(11)12)10-5-8(6-15)13-14-10/h2-5,15H,6H2,1H3,(H,13,14). The van der Waals surface area contributed by atoms with E-state index in [1.807, 2.05) is 6.07 Å². The molecule has 0 spiro atoms. The fourth-order valence-corrected chi connectivity index (χ4v) is 1.67. The van der Waals surface area contributed by atoms with Crippen molar-refractivity contribution in [2.75, 3.05) is 7.11 Å². The average molecular weight is 239 g/mol. The van der Waals surface area contributed by atoms with Gasteiger partial charge in [-0.25, -0.2) is 0 Å². The molecule has 84 valence electrons. The lowest BCUT2D eigenvalue weighted by Gasteiger charge is -2.03. The Labute approximate surface area is 97.8 Å². The molecule has 4 nitrogen and oxygen atoms in total. The van der Waals surface area contributed by atoms with Crippen molar-refractivity contribution >= 4 is 11.6 Å². The molecule has 0 unspecified atom stereocenters. The number of halogens is 1. The van der Waals surface area contributed by atoms with Crippen LogP contribution in [0, 0.1) is 0 Å². The molecule has 0 aliphatic heterocycles. The van der Waals surface area contributed by atoms with Gasteiger partial charge in [-0.3, -0.25) is 5.10 Å². The highest BCUT2D eigenvalue weighted by Gasteiger charge is 2.06. The smallest absolute Gasteiger partial charge is 0.137 e. The van der Waals surface area contributed by atoms with Crippen molar-refractivity contribution in [3.8, 4) is 17.0 Å². The second kappa shape index (κ2) is 4.55. The molecule has 0 saturated heterocycles. The van der Waals surface area contributed by atoms with E-state index < -0.39 is 0 Å². The van der Waals surface area contributed by atoms with Gasteiger partial charge in [0.2, 0.25) is 0 Å². The first-order chi connectivity index (χ1) is 7.74. The SMILES string of the molecule is COc1ccc(-c2cc(CO)[nH]n2)cc1Cl. The van der Waals surface area contributed by atoms with Crippen LogP contribution in [0.2, 0.25) is 5.02 Å². The van der Waals surface area contributed by atoms with Crippen molar-refractivity contribution in [3.05, 3.63) is 35.0 Å². The number of ether oxygens (including phenoxy) is 1. The summed E-state index contributed by atoms with van der Waals surface area (Å²) in [5.41, 5.74) is 2.29. The number of aliphatic hydroxyl groups excluding tert-OH is 1. The van der Waals surface area contributed by atoms with Gasteiger partial charge < -0.3 is 9.84 Å². The van der Waals surface area contributed by atoms with Gasteiger partial charge in [-0.2, -0.15) is 5.10 Å². The number of methoxy groups -OCH3 is 1. The Bertz CT molecular complexity index is 496. The molecule has 0 bridgehead atoms. The first kappa shape index (κ1) is 11.0. The van der Waals surface area contributed by atoms with Gasteiger partial charge in [-0.05, 0) is 24.3 Å². The van der Waals surface area contributed by atoms with Crippen LogP contribution in [0.5, 0.6) is 5.75 Å². The molecule has 2 rings (SSSR count). The van der Waals surface area contributed by atoms with Crippen LogP contribution in [-0.4, -0.2) is 22.4 Å². The number of rotatable bonds is 3. The number of nitrogens with one attached hydrogen (secondary N) is 1. The zero-order valence-corrected chi connectivity index (χ0v) is 9.45. The molecule has 1 aromatic heterocycles. The van der Waals surface area contributed by atoms with E-state index in [4.69, 9.17) is 21.4 Å². The summed E-state index contributed by atoms with van der Waals surface area (Å²) in [6, 6.07) is 7.20. The summed E-state index contributed by atoms with van der Waals surface area (Å²) in [5.74, 6) is 0.628. The van der Waals surface area contributed by atoms with Gasteiger partial charge in [0.05, 0.1) is 30.1 Å². The first-order valence-corrected chi connectivity index (χ1v) is 5.11. The second-order valence-corrected chi connectivity index (χ2v) is 3.69. The maximum Gasteiger partial charge on any atom is 0.137 e. The molecule has 0 atom stereocenters.